The van der Waals surface area contributed by atoms with Crippen LogP contribution in [0.15, 0.2) is 35.7 Å². The van der Waals surface area contributed by atoms with Crippen LogP contribution in [0.25, 0.3) is 21.2 Å². The zero-order valence-corrected chi connectivity index (χ0v) is 15.2. The van der Waals surface area contributed by atoms with Crippen LogP contribution in [-0.2, 0) is 0 Å². The molecule has 0 bridgehead atoms. The normalized spacial score (nSPS) is 15.9. The first kappa shape index (κ1) is 15.9. The minimum atomic E-state index is -0.438. The van der Waals surface area contributed by atoms with Crippen molar-refractivity contribution in [1.29, 1.82) is 0 Å². The molecule has 0 saturated carbocycles. The third kappa shape index (κ3) is 1.84. The molecule has 3 aromatic rings. The van der Waals surface area contributed by atoms with E-state index in [1.54, 1.807) is 18.2 Å². The summed E-state index contributed by atoms with van der Waals surface area (Å²) in [5.41, 5.74) is 1.96. The molecule has 0 N–H and O–H groups in total. The number of imide groups is 2. The number of nitrogens with zero attached hydrogens (tertiary/aromatic N) is 2. The number of thiophene rings is 1. The summed E-state index contributed by atoms with van der Waals surface area (Å²) < 4.78 is 0. The van der Waals surface area contributed by atoms with Gasteiger partial charge in [0, 0.05) is 52.0 Å². The van der Waals surface area contributed by atoms with E-state index < -0.39 is 23.6 Å². The highest BCUT2D eigenvalue weighted by Gasteiger charge is 2.39. The van der Waals surface area contributed by atoms with Gasteiger partial charge in [-0.15, -0.1) is 11.3 Å². The van der Waals surface area contributed by atoms with Gasteiger partial charge in [0.15, 0.2) is 0 Å². The molecule has 0 atom stereocenters. The highest BCUT2D eigenvalue weighted by Crippen LogP contribution is 2.43. The summed E-state index contributed by atoms with van der Waals surface area (Å²) in [7, 11) is 2.87. The number of hydrogen-bond donors (Lipinski definition) is 0. The SMILES string of the molecule is CN1C(=O)c2ccc3c4c(c(-c5cccs5)cc(c24)C1=O)C(=O)N(C)C3=O. The topological polar surface area (TPSA) is 74.8 Å². The van der Waals surface area contributed by atoms with Crippen molar-refractivity contribution in [3.8, 4) is 10.4 Å². The molecule has 2 aliphatic heterocycles. The Morgan fingerprint density at radius 1 is 0.704 bits per heavy atom. The minimum Gasteiger partial charge on any atom is -0.277 e. The third-order valence-corrected chi connectivity index (χ3v) is 6.10. The molecular weight excluding hydrogens is 364 g/mol. The second-order valence-electron chi connectivity index (χ2n) is 6.57. The van der Waals surface area contributed by atoms with E-state index in [4.69, 9.17) is 0 Å². The summed E-state index contributed by atoms with van der Waals surface area (Å²) >= 11 is 1.44. The average molecular weight is 376 g/mol. The van der Waals surface area contributed by atoms with Crippen LogP contribution in [0.3, 0.4) is 0 Å². The average Bonchev–Trinajstić information content (AvgIpc) is 3.21. The first-order valence-corrected chi connectivity index (χ1v) is 9.12. The molecule has 0 radical (unpaired) electrons. The molecule has 3 heterocycles. The summed E-state index contributed by atoms with van der Waals surface area (Å²) in [5, 5.41) is 2.68. The van der Waals surface area contributed by atoms with Crippen molar-refractivity contribution in [2.45, 2.75) is 0 Å². The number of carbonyl (C=O) groups excluding carboxylic acids is 4. The van der Waals surface area contributed by atoms with Gasteiger partial charge < -0.3 is 0 Å². The standard InChI is InChI=1S/C20H12N2O4S/c1-21-17(23)9-5-6-10-15-14(9)12(19(21)25)8-11(13-4-3-7-27-13)16(15)20(26)22(2)18(10)24/h3-8H,1-2H3. The fourth-order valence-corrected chi connectivity index (χ4v) is 4.58. The Labute approximate surface area is 157 Å². The van der Waals surface area contributed by atoms with Gasteiger partial charge in [0.2, 0.25) is 0 Å². The van der Waals surface area contributed by atoms with Gasteiger partial charge >= 0.3 is 0 Å². The maximum Gasteiger partial charge on any atom is 0.261 e. The Morgan fingerprint density at radius 2 is 1.30 bits per heavy atom. The van der Waals surface area contributed by atoms with E-state index in [0.29, 0.717) is 38.6 Å². The zero-order valence-electron chi connectivity index (χ0n) is 14.4. The number of hydrogen-bond acceptors (Lipinski definition) is 5. The molecule has 132 valence electrons. The van der Waals surface area contributed by atoms with E-state index in [0.717, 1.165) is 14.7 Å². The van der Waals surface area contributed by atoms with E-state index in [1.165, 1.54) is 25.4 Å². The van der Waals surface area contributed by atoms with Crippen molar-refractivity contribution in [3.05, 3.63) is 58.0 Å². The van der Waals surface area contributed by atoms with E-state index in [9.17, 15) is 19.2 Å². The lowest BCUT2D eigenvalue weighted by Gasteiger charge is -2.30. The van der Waals surface area contributed by atoms with Gasteiger partial charge in [-0.1, -0.05) is 6.07 Å². The lowest BCUT2D eigenvalue weighted by atomic mass is 9.83. The van der Waals surface area contributed by atoms with Crippen LogP contribution in [0.4, 0.5) is 0 Å². The van der Waals surface area contributed by atoms with E-state index in [1.807, 2.05) is 17.5 Å². The monoisotopic (exact) mass is 376 g/mol. The predicted molar refractivity (Wildman–Crippen MR) is 100 cm³/mol. The molecule has 5 rings (SSSR count). The molecule has 7 heteroatoms. The molecule has 1 aromatic heterocycles. The lowest BCUT2D eigenvalue weighted by molar-refractivity contribution is 0.0630. The Morgan fingerprint density at radius 3 is 1.93 bits per heavy atom. The third-order valence-electron chi connectivity index (χ3n) is 5.19. The number of carbonyl (C=O) groups is 4. The van der Waals surface area contributed by atoms with E-state index >= 15 is 0 Å². The second-order valence-corrected chi connectivity index (χ2v) is 7.52. The van der Waals surface area contributed by atoms with Crippen molar-refractivity contribution in [1.82, 2.24) is 9.80 Å². The largest absolute Gasteiger partial charge is 0.277 e. The van der Waals surface area contributed by atoms with Crippen LogP contribution >= 0.6 is 11.3 Å². The Balaban J connectivity index is 2.05. The Kier molecular flexibility index (Phi) is 3.01. The fraction of sp³-hybridized carbons (Fsp3) is 0.100. The molecule has 2 aliphatic rings. The van der Waals surface area contributed by atoms with Crippen molar-refractivity contribution in [3.63, 3.8) is 0 Å². The summed E-state index contributed by atoms with van der Waals surface area (Å²) in [4.78, 5) is 54.1. The summed E-state index contributed by atoms with van der Waals surface area (Å²) in [6.07, 6.45) is 0. The lowest BCUT2D eigenvalue weighted by Crippen LogP contribution is -2.40. The van der Waals surface area contributed by atoms with E-state index in [-0.39, 0.29) is 0 Å². The second kappa shape index (κ2) is 5.11. The molecule has 4 amide bonds. The first-order chi connectivity index (χ1) is 12.9. The molecule has 0 aliphatic carbocycles. The quantitative estimate of drug-likeness (QED) is 0.612. The van der Waals surface area contributed by atoms with E-state index in [2.05, 4.69) is 0 Å². The number of rotatable bonds is 1. The van der Waals surface area contributed by atoms with Crippen molar-refractivity contribution < 1.29 is 19.2 Å². The summed E-state index contributed by atoms with van der Waals surface area (Å²) in [6.45, 7) is 0. The van der Waals surface area contributed by atoms with Crippen molar-refractivity contribution in [2.24, 2.45) is 0 Å². The van der Waals surface area contributed by atoms with Gasteiger partial charge in [-0.25, -0.2) is 0 Å². The smallest absolute Gasteiger partial charge is 0.261 e. The molecule has 0 saturated heterocycles. The van der Waals surface area contributed by atoms with Crippen molar-refractivity contribution in [2.75, 3.05) is 14.1 Å². The minimum absolute atomic E-state index is 0.329. The van der Waals surface area contributed by atoms with Crippen molar-refractivity contribution >= 4 is 45.7 Å². The maximum atomic E-state index is 13.0. The molecule has 27 heavy (non-hydrogen) atoms. The first-order valence-electron chi connectivity index (χ1n) is 8.24. The van der Waals surface area contributed by atoms with Crippen LogP contribution in [0, 0.1) is 0 Å². The highest BCUT2D eigenvalue weighted by molar-refractivity contribution is 7.13. The Bertz CT molecular complexity index is 1230. The van der Waals surface area contributed by atoms with Gasteiger partial charge in [0.1, 0.15) is 0 Å². The Hall–Kier alpha value is -3.32. The van der Waals surface area contributed by atoms with Gasteiger partial charge in [-0.2, -0.15) is 0 Å². The molecule has 6 nitrogen and oxygen atoms in total. The van der Waals surface area contributed by atoms with Gasteiger partial charge in [0.05, 0.1) is 5.56 Å². The predicted octanol–water partition coefficient (Wildman–Crippen LogP) is 3.02. The van der Waals surface area contributed by atoms with Crippen LogP contribution < -0.4 is 0 Å². The maximum absolute atomic E-state index is 13.0. The number of amides is 4. The number of benzene rings is 2. The van der Waals surface area contributed by atoms with Crippen LogP contribution in [0.1, 0.15) is 41.4 Å². The fourth-order valence-electron chi connectivity index (χ4n) is 3.83. The van der Waals surface area contributed by atoms with Gasteiger partial charge in [-0.3, -0.25) is 29.0 Å². The van der Waals surface area contributed by atoms with Crippen LogP contribution in [-0.4, -0.2) is 47.5 Å². The molecule has 0 fully saturated rings. The molecule has 2 aromatic carbocycles. The summed E-state index contributed by atoms with van der Waals surface area (Å²) in [6, 6.07) is 8.52. The van der Waals surface area contributed by atoms with Gasteiger partial charge in [0.25, 0.3) is 23.6 Å². The molecular formula is C20H12N2O4S. The van der Waals surface area contributed by atoms with Gasteiger partial charge in [-0.05, 0) is 29.6 Å². The van der Waals surface area contributed by atoms with Crippen LogP contribution in [0.5, 0.6) is 0 Å². The summed E-state index contributed by atoms with van der Waals surface area (Å²) in [5.74, 6) is -1.74. The highest BCUT2D eigenvalue weighted by atomic mass is 32.1. The molecule has 0 spiro atoms. The molecule has 0 unspecified atom stereocenters. The zero-order chi connectivity index (χ0) is 19.0. The van der Waals surface area contributed by atoms with Crippen LogP contribution in [0.2, 0.25) is 0 Å².